The lowest BCUT2D eigenvalue weighted by Gasteiger charge is -2.08. The number of amides is 1. The number of anilines is 1. The molecule has 0 atom stereocenters. The number of rotatable bonds is 5. The molecular weight excluding hydrogens is 478 g/mol. The van der Waals surface area contributed by atoms with Crippen LogP contribution in [0.1, 0.15) is 21.7 Å². The third-order valence-electron chi connectivity index (χ3n) is 4.74. The Labute approximate surface area is 190 Å². The van der Waals surface area contributed by atoms with E-state index in [1.807, 2.05) is 25.1 Å². The topological polar surface area (TPSA) is 118 Å². The Morgan fingerprint density at radius 1 is 1.19 bits per heavy atom. The average molecular weight is 494 g/mol. The van der Waals surface area contributed by atoms with E-state index in [2.05, 4.69) is 26.2 Å². The normalized spacial score (nSPS) is 11.2. The molecule has 0 saturated carbocycles. The van der Waals surface area contributed by atoms with Gasteiger partial charge in [0.1, 0.15) is 5.58 Å². The monoisotopic (exact) mass is 493 g/mol. The summed E-state index contributed by atoms with van der Waals surface area (Å²) in [5.41, 5.74) is 2.32. The third kappa shape index (κ3) is 4.37. The van der Waals surface area contributed by atoms with E-state index < -0.39 is 16.4 Å². The first-order valence-corrected chi connectivity index (χ1v) is 10.2. The molecule has 4 aromatic rings. The van der Waals surface area contributed by atoms with E-state index >= 15 is 0 Å². The molecule has 32 heavy (non-hydrogen) atoms. The molecule has 0 radical (unpaired) electrons. The van der Waals surface area contributed by atoms with Crippen LogP contribution >= 0.6 is 15.9 Å². The fourth-order valence-electron chi connectivity index (χ4n) is 3.13. The molecule has 0 unspecified atom stereocenters. The van der Waals surface area contributed by atoms with E-state index in [0.717, 1.165) is 10.9 Å². The van der Waals surface area contributed by atoms with Crippen molar-refractivity contribution in [2.75, 3.05) is 5.32 Å². The minimum Gasteiger partial charge on any atom is -0.502 e. The molecule has 160 valence electrons. The van der Waals surface area contributed by atoms with E-state index in [9.17, 15) is 20.0 Å². The second-order valence-corrected chi connectivity index (χ2v) is 7.90. The second kappa shape index (κ2) is 8.64. The minimum absolute atomic E-state index is 0.200. The predicted molar refractivity (Wildman–Crippen MR) is 125 cm³/mol. The van der Waals surface area contributed by atoms with Crippen molar-refractivity contribution in [1.82, 2.24) is 0 Å². The van der Waals surface area contributed by atoms with Gasteiger partial charge in [-0.15, -0.1) is 0 Å². The Morgan fingerprint density at radius 3 is 2.69 bits per heavy atom. The van der Waals surface area contributed by atoms with Crippen LogP contribution in [0.25, 0.3) is 11.0 Å². The second-order valence-electron chi connectivity index (χ2n) is 6.98. The summed E-state index contributed by atoms with van der Waals surface area (Å²) >= 11 is 3.19. The number of aliphatic imine (C=N–C) groups is 1. The fourth-order valence-corrected chi connectivity index (χ4v) is 3.60. The number of carbonyl (C=O) groups is 1. The zero-order valence-electron chi connectivity index (χ0n) is 16.7. The van der Waals surface area contributed by atoms with E-state index in [-0.39, 0.29) is 17.2 Å². The van der Waals surface area contributed by atoms with Crippen molar-refractivity contribution in [2.24, 2.45) is 4.99 Å². The summed E-state index contributed by atoms with van der Waals surface area (Å²) in [5.74, 6) is -0.625. The van der Waals surface area contributed by atoms with Crippen LogP contribution in [-0.2, 0) is 0 Å². The largest absolute Gasteiger partial charge is 0.502 e. The van der Waals surface area contributed by atoms with E-state index in [4.69, 9.17) is 4.42 Å². The van der Waals surface area contributed by atoms with Gasteiger partial charge >= 0.3 is 5.69 Å². The van der Waals surface area contributed by atoms with Gasteiger partial charge in [-0.05, 0) is 48.9 Å². The van der Waals surface area contributed by atoms with Gasteiger partial charge in [0.25, 0.3) is 5.91 Å². The number of fused-ring (bicyclic) bond motifs is 1. The summed E-state index contributed by atoms with van der Waals surface area (Å²) < 4.78 is 6.04. The molecule has 1 heterocycles. The number of hydrogen-bond acceptors (Lipinski definition) is 6. The van der Waals surface area contributed by atoms with E-state index in [1.165, 1.54) is 18.3 Å². The molecule has 0 bridgehead atoms. The molecule has 9 heteroatoms. The Balaban J connectivity index is 1.53. The summed E-state index contributed by atoms with van der Waals surface area (Å²) in [6.07, 6.45) is 1.34. The molecule has 3 aromatic carbocycles. The maximum atomic E-state index is 12.6. The average Bonchev–Trinajstić information content (AvgIpc) is 3.20. The van der Waals surface area contributed by atoms with Crippen molar-refractivity contribution >= 4 is 56.1 Å². The van der Waals surface area contributed by atoms with Crippen molar-refractivity contribution in [2.45, 2.75) is 6.92 Å². The highest BCUT2D eigenvalue weighted by molar-refractivity contribution is 9.10. The summed E-state index contributed by atoms with van der Waals surface area (Å²) in [4.78, 5) is 27.3. The van der Waals surface area contributed by atoms with Gasteiger partial charge in [-0.1, -0.05) is 34.1 Å². The highest BCUT2D eigenvalue weighted by Crippen LogP contribution is 2.33. The Kier molecular flexibility index (Phi) is 5.74. The first-order valence-electron chi connectivity index (χ1n) is 9.43. The minimum atomic E-state index is -0.666. The molecular formula is C23H16BrN3O5. The van der Waals surface area contributed by atoms with Gasteiger partial charge in [-0.2, -0.15) is 0 Å². The van der Waals surface area contributed by atoms with E-state index in [1.54, 1.807) is 30.3 Å². The number of nitrogens with one attached hydrogen (secondary N) is 1. The smallest absolute Gasteiger partial charge is 0.312 e. The molecule has 0 aliphatic heterocycles. The Morgan fingerprint density at radius 2 is 1.97 bits per heavy atom. The summed E-state index contributed by atoms with van der Waals surface area (Å²) in [6, 6.07) is 16.9. The lowest BCUT2D eigenvalue weighted by Crippen LogP contribution is -2.11. The maximum Gasteiger partial charge on any atom is 0.312 e. The van der Waals surface area contributed by atoms with Crippen molar-refractivity contribution in [3.63, 3.8) is 0 Å². The lowest BCUT2D eigenvalue weighted by atomic mass is 10.1. The van der Waals surface area contributed by atoms with Gasteiger partial charge in [-0.3, -0.25) is 19.9 Å². The quantitative estimate of drug-likeness (QED) is 0.197. The number of aryl methyl sites for hydroxylation is 1. The summed E-state index contributed by atoms with van der Waals surface area (Å²) in [6.45, 7) is 1.81. The summed E-state index contributed by atoms with van der Waals surface area (Å²) in [5, 5.41) is 24.8. The molecule has 0 spiro atoms. The van der Waals surface area contributed by atoms with Gasteiger partial charge < -0.3 is 14.8 Å². The van der Waals surface area contributed by atoms with Gasteiger partial charge in [0.05, 0.1) is 10.6 Å². The molecule has 0 fully saturated rings. The molecule has 8 nitrogen and oxygen atoms in total. The number of halogens is 1. The van der Waals surface area contributed by atoms with Crippen LogP contribution in [0.2, 0.25) is 0 Å². The highest BCUT2D eigenvalue weighted by atomic mass is 79.9. The van der Waals surface area contributed by atoms with Crippen LogP contribution in [0.15, 0.2) is 74.5 Å². The van der Waals surface area contributed by atoms with Crippen LogP contribution in [0.3, 0.4) is 0 Å². The number of phenolic OH excluding ortho intramolecular Hbond substituents is 1. The fraction of sp³-hybridized carbons (Fsp3) is 0.0435. The molecule has 1 aromatic heterocycles. The molecule has 1 amide bonds. The number of hydrogen-bond donors (Lipinski definition) is 2. The van der Waals surface area contributed by atoms with E-state index in [0.29, 0.717) is 21.4 Å². The number of para-hydroxylation sites is 1. The van der Waals surface area contributed by atoms with Crippen LogP contribution in [0, 0.1) is 17.0 Å². The Hall–Kier alpha value is -3.98. The zero-order valence-corrected chi connectivity index (χ0v) is 18.3. The maximum absolute atomic E-state index is 12.6. The van der Waals surface area contributed by atoms with Crippen molar-refractivity contribution in [3.05, 3.63) is 92.1 Å². The van der Waals surface area contributed by atoms with Crippen molar-refractivity contribution in [1.29, 1.82) is 0 Å². The molecule has 0 saturated heterocycles. The molecule has 4 rings (SSSR count). The van der Waals surface area contributed by atoms with Crippen molar-refractivity contribution < 1.29 is 19.2 Å². The number of nitro benzene ring substituents is 1. The third-order valence-corrected chi connectivity index (χ3v) is 5.20. The van der Waals surface area contributed by atoms with Crippen LogP contribution in [0.4, 0.5) is 17.1 Å². The number of carbonyl (C=O) groups excluding carboxylic acids is 1. The van der Waals surface area contributed by atoms with Gasteiger partial charge in [0.15, 0.2) is 5.76 Å². The number of aromatic hydroxyl groups is 1. The van der Waals surface area contributed by atoms with Crippen LogP contribution in [-0.4, -0.2) is 22.2 Å². The number of furan rings is 1. The van der Waals surface area contributed by atoms with Gasteiger partial charge in [-0.25, -0.2) is 0 Å². The molecule has 2 N–H and O–H groups in total. The standard InChI is InChI=1S/C23H16BrN3O5/c1-13-8-17(25-12-15-9-16(24)11-19(22(15)28)27(30)31)6-7-18(13)26-23(29)21-10-14-4-2-3-5-20(14)32-21/h2-12,28H,1H3,(H,26,29). The zero-order chi connectivity index (χ0) is 22.8. The summed E-state index contributed by atoms with van der Waals surface area (Å²) in [7, 11) is 0. The molecule has 0 aliphatic rings. The van der Waals surface area contributed by atoms with Crippen LogP contribution < -0.4 is 5.32 Å². The van der Waals surface area contributed by atoms with Crippen LogP contribution in [0.5, 0.6) is 5.75 Å². The highest BCUT2D eigenvalue weighted by Gasteiger charge is 2.18. The van der Waals surface area contributed by atoms with Gasteiger partial charge in [0.2, 0.25) is 5.75 Å². The first-order chi connectivity index (χ1) is 15.3. The number of nitro groups is 1. The Bertz CT molecular complexity index is 1360. The SMILES string of the molecule is Cc1cc(N=Cc2cc(Br)cc([N+](=O)[O-])c2O)ccc1NC(=O)c1cc2ccccc2o1. The van der Waals surface area contributed by atoms with Gasteiger partial charge in [0, 0.05) is 33.4 Å². The first kappa shape index (κ1) is 21.3. The number of nitrogens with zero attached hydrogens (tertiary/aromatic N) is 2. The lowest BCUT2D eigenvalue weighted by molar-refractivity contribution is -0.385. The number of phenols is 1. The van der Waals surface area contributed by atoms with Crippen molar-refractivity contribution in [3.8, 4) is 5.75 Å². The molecule has 0 aliphatic carbocycles. The number of benzene rings is 3. The predicted octanol–water partition coefficient (Wildman–Crippen LogP) is 6.12.